The lowest BCUT2D eigenvalue weighted by Crippen LogP contribution is -2.31. The predicted molar refractivity (Wildman–Crippen MR) is 62.4 cm³/mol. The Balaban J connectivity index is 1.73. The van der Waals surface area contributed by atoms with E-state index >= 15 is 0 Å². The highest BCUT2D eigenvalue weighted by Gasteiger charge is 2.43. The lowest BCUT2D eigenvalue weighted by atomic mass is 10.00. The first-order valence-corrected chi connectivity index (χ1v) is 6.14. The number of aromatic nitrogens is 1. The zero-order chi connectivity index (χ0) is 11.8. The summed E-state index contributed by atoms with van der Waals surface area (Å²) >= 11 is 0. The third kappa shape index (κ3) is 1.82. The van der Waals surface area contributed by atoms with Gasteiger partial charge in [-0.25, -0.2) is 0 Å². The van der Waals surface area contributed by atoms with Gasteiger partial charge in [-0.3, -0.25) is 9.78 Å². The highest BCUT2D eigenvalue weighted by Crippen LogP contribution is 2.38. The monoisotopic (exact) mass is 232 g/mol. The molecule has 4 heteroatoms. The van der Waals surface area contributed by atoms with Gasteiger partial charge in [-0.2, -0.15) is 0 Å². The smallest absolute Gasteiger partial charge is 0.272 e. The van der Waals surface area contributed by atoms with Crippen molar-refractivity contribution < 1.29 is 9.90 Å². The van der Waals surface area contributed by atoms with Crippen LogP contribution in [0.4, 0.5) is 0 Å². The van der Waals surface area contributed by atoms with Crippen LogP contribution in [0.15, 0.2) is 24.4 Å². The molecule has 1 N–H and O–H groups in total. The van der Waals surface area contributed by atoms with E-state index in [0.29, 0.717) is 18.2 Å². The number of hydrogen-bond donors (Lipinski definition) is 1. The van der Waals surface area contributed by atoms with Gasteiger partial charge in [-0.1, -0.05) is 6.07 Å². The van der Waals surface area contributed by atoms with E-state index in [9.17, 15) is 9.90 Å². The van der Waals surface area contributed by atoms with Crippen molar-refractivity contribution in [2.75, 3.05) is 13.1 Å². The summed E-state index contributed by atoms with van der Waals surface area (Å²) in [7, 11) is 0. The Morgan fingerprint density at radius 1 is 1.35 bits per heavy atom. The van der Waals surface area contributed by atoms with Crippen molar-refractivity contribution in [2.45, 2.75) is 18.9 Å². The van der Waals surface area contributed by atoms with Gasteiger partial charge in [0.15, 0.2) is 0 Å². The van der Waals surface area contributed by atoms with Gasteiger partial charge < -0.3 is 10.0 Å². The molecule has 17 heavy (non-hydrogen) atoms. The Bertz CT molecular complexity index is 421. The summed E-state index contributed by atoms with van der Waals surface area (Å²) in [6.07, 6.45) is 3.35. The Labute approximate surface area is 100 Å². The third-order valence-electron chi connectivity index (χ3n) is 3.99. The van der Waals surface area contributed by atoms with E-state index in [0.717, 1.165) is 19.4 Å². The van der Waals surface area contributed by atoms with Gasteiger partial charge in [0.25, 0.3) is 5.91 Å². The number of aliphatic hydroxyl groups excluding tert-OH is 1. The van der Waals surface area contributed by atoms with Gasteiger partial charge in [-0.15, -0.1) is 0 Å². The van der Waals surface area contributed by atoms with Crippen molar-refractivity contribution in [1.29, 1.82) is 0 Å². The van der Waals surface area contributed by atoms with E-state index < -0.39 is 0 Å². The normalized spacial score (nSPS) is 31.6. The number of carbonyl (C=O) groups is 1. The second kappa shape index (κ2) is 4.11. The van der Waals surface area contributed by atoms with Gasteiger partial charge >= 0.3 is 0 Å². The van der Waals surface area contributed by atoms with Crippen molar-refractivity contribution in [3.8, 4) is 0 Å². The maximum Gasteiger partial charge on any atom is 0.272 e. The van der Waals surface area contributed by atoms with E-state index in [1.54, 1.807) is 18.3 Å². The molecule has 2 aliphatic rings. The van der Waals surface area contributed by atoms with Crippen molar-refractivity contribution in [1.82, 2.24) is 9.88 Å². The number of pyridine rings is 1. The lowest BCUT2D eigenvalue weighted by molar-refractivity contribution is 0.0746. The highest BCUT2D eigenvalue weighted by molar-refractivity contribution is 5.92. The molecule has 90 valence electrons. The lowest BCUT2D eigenvalue weighted by Gasteiger charge is -2.17. The molecule has 1 aliphatic carbocycles. The largest absolute Gasteiger partial charge is 0.393 e. The summed E-state index contributed by atoms with van der Waals surface area (Å²) in [6.45, 7) is 1.46. The molecule has 1 aromatic rings. The number of aliphatic hydroxyl groups is 1. The average molecular weight is 232 g/mol. The highest BCUT2D eigenvalue weighted by atomic mass is 16.3. The fourth-order valence-corrected chi connectivity index (χ4v) is 3.05. The topological polar surface area (TPSA) is 53.4 Å². The van der Waals surface area contributed by atoms with Crippen LogP contribution in [-0.4, -0.2) is 40.1 Å². The average Bonchev–Trinajstić information content (AvgIpc) is 2.92. The molecule has 4 nitrogen and oxygen atoms in total. The van der Waals surface area contributed by atoms with Gasteiger partial charge in [0.1, 0.15) is 5.69 Å². The Hall–Kier alpha value is -1.42. The van der Waals surface area contributed by atoms with Crippen molar-refractivity contribution in [3.05, 3.63) is 30.1 Å². The number of hydrogen-bond acceptors (Lipinski definition) is 3. The van der Waals surface area contributed by atoms with Crippen LogP contribution >= 0.6 is 0 Å². The van der Waals surface area contributed by atoms with Crippen molar-refractivity contribution >= 4 is 5.91 Å². The molecule has 0 spiro atoms. The maximum absolute atomic E-state index is 12.2. The summed E-state index contributed by atoms with van der Waals surface area (Å²) in [6, 6.07) is 5.37. The molecular weight excluding hydrogens is 216 g/mol. The summed E-state index contributed by atoms with van der Waals surface area (Å²) in [5.74, 6) is 0.757. The van der Waals surface area contributed by atoms with Gasteiger partial charge in [0, 0.05) is 25.2 Å². The Morgan fingerprint density at radius 2 is 2.24 bits per heavy atom. The predicted octanol–water partition coefficient (Wildman–Crippen LogP) is 0.924. The number of rotatable bonds is 1. The number of carbonyl (C=O) groups excluding carboxylic acids is 1. The second-order valence-electron chi connectivity index (χ2n) is 4.99. The minimum atomic E-state index is -0.221. The van der Waals surface area contributed by atoms with Crippen LogP contribution in [0.1, 0.15) is 23.3 Å². The Kier molecular flexibility index (Phi) is 2.59. The van der Waals surface area contributed by atoms with E-state index in [4.69, 9.17) is 0 Å². The van der Waals surface area contributed by atoms with E-state index in [1.165, 1.54) is 0 Å². The number of likely N-dealkylation sites (tertiary alicyclic amines) is 1. The quantitative estimate of drug-likeness (QED) is 0.783. The summed E-state index contributed by atoms with van der Waals surface area (Å²) in [5.41, 5.74) is 0.502. The molecule has 3 atom stereocenters. The zero-order valence-corrected chi connectivity index (χ0v) is 9.62. The summed E-state index contributed by atoms with van der Waals surface area (Å²) in [4.78, 5) is 18.1. The first kappa shape index (κ1) is 10.7. The molecule has 0 bridgehead atoms. The molecule has 1 aliphatic heterocycles. The minimum absolute atomic E-state index is 0.00722. The van der Waals surface area contributed by atoms with Gasteiger partial charge in [0.2, 0.25) is 0 Å². The van der Waals surface area contributed by atoms with E-state index in [2.05, 4.69) is 4.98 Å². The van der Waals surface area contributed by atoms with Crippen LogP contribution in [0, 0.1) is 11.8 Å². The first-order valence-electron chi connectivity index (χ1n) is 6.14. The van der Waals surface area contributed by atoms with Crippen LogP contribution in [0.25, 0.3) is 0 Å². The molecule has 1 saturated heterocycles. The van der Waals surface area contributed by atoms with Gasteiger partial charge in [0.05, 0.1) is 6.10 Å². The van der Waals surface area contributed by atoms with Crippen molar-refractivity contribution in [3.63, 3.8) is 0 Å². The molecule has 0 aromatic carbocycles. The molecule has 1 amide bonds. The third-order valence-corrected chi connectivity index (χ3v) is 3.99. The summed E-state index contributed by atoms with van der Waals surface area (Å²) < 4.78 is 0. The number of nitrogens with zero attached hydrogens (tertiary/aromatic N) is 2. The molecule has 3 rings (SSSR count). The molecule has 2 fully saturated rings. The fourth-order valence-electron chi connectivity index (χ4n) is 3.05. The fraction of sp³-hybridized carbons (Fsp3) is 0.538. The van der Waals surface area contributed by atoms with Crippen LogP contribution in [0.5, 0.6) is 0 Å². The standard InChI is InChI=1S/C13H16N2O2/c16-12-5-4-9-7-15(8-10(9)12)13(17)11-3-1-2-6-14-11/h1-3,6,9-10,12,16H,4-5,7-8H2. The first-order chi connectivity index (χ1) is 8.25. The van der Waals surface area contributed by atoms with E-state index in [1.807, 2.05) is 11.0 Å². The molecule has 1 saturated carbocycles. The second-order valence-corrected chi connectivity index (χ2v) is 4.99. The minimum Gasteiger partial charge on any atom is -0.393 e. The van der Waals surface area contributed by atoms with Crippen LogP contribution in [0.2, 0.25) is 0 Å². The summed E-state index contributed by atoms with van der Waals surface area (Å²) in [5, 5.41) is 9.82. The molecule has 2 heterocycles. The van der Waals surface area contributed by atoms with Gasteiger partial charge in [-0.05, 0) is 30.9 Å². The maximum atomic E-state index is 12.2. The van der Waals surface area contributed by atoms with Crippen LogP contribution < -0.4 is 0 Å². The Morgan fingerprint density at radius 3 is 2.94 bits per heavy atom. The van der Waals surface area contributed by atoms with Crippen molar-refractivity contribution in [2.24, 2.45) is 11.8 Å². The molecule has 3 unspecified atom stereocenters. The number of amides is 1. The molecule has 1 aromatic heterocycles. The van der Waals surface area contributed by atoms with E-state index in [-0.39, 0.29) is 17.9 Å². The molecule has 0 radical (unpaired) electrons. The SMILES string of the molecule is O=C(c1ccccn1)N1CC2CCC(O)C2C1. The van der Waals surface area contributed by atoms with Crippen LogP contribution in [-0.2, 0) is 0 Å². The molecular formula is C13H16N2O2. The zero-order valence-electron chi connectivity index (χ0n) is 9.62. The number of fused-ring (bicyclic) bond motifs is 1. The van der Waals surface area contributed by atoms with Crippen LogP contribution in [0.3, 0.4) is 0 Å².